The van der Waals surface area contributed by atoms with Crippen LogP contribution in [0.15, 0.2) is 59.5 Å². The number of phenols is 1. The Kier molecular flexibility index (Phi) is 6.26. The van der Waals surface area contributed by atoms with Crippen molar-refractivity contribution in [2.75, 3.05) is 6.54 Å². The van der Waals surface area contributed by atoms with E-state index in [1.807, 2.05) is 0 Å². The molecule has 0 unspecified atom stereocenters. The Morgan fingerprint density at radius 1 is 1.08 bits per heavy atom. The van der Waals surface area contributed by atoms with Crippen LogP contribution in [0.3, 0.4) is 0 Å². The van der Waals surface area contributed by atoms with Crippen molar-refractivity contribution in [1.82, 2.24) is 4.72 Å². The van der Waals surface area contributed by atoms with Crippen LogP contribution in [0, 0.1) is 0 Å². The van der Waals surface area contributed by atoms with Gasteiger partial charge in [-0.15, -0.1) is 0 Å². The minimum atomic E-state index is -3.83. The molecule has 2 aromatic rings. The molecule has 0 spiro atoms. The van der Waals surface area contributed by atoms with Crippen LogP contribution in [0.2, 0.25) is 0 Å². The van der Waals surface area contributed by atoms with E-state index in [9.17, 15) is 23.1 Å². The van der Waals surface area contributed by atoms with Crippen molar-refractivity contribution in [2.45, 2.75) is 11.3 Å². The zero-order chi connectivity index (χ0) is 19.2. The van der Waals surface area contributed by atoms with Crippen LogP contribution < -0.4 is 4.72 Å². The molecule has 0 bridgehead atoms. The number of benzene rings is 2. The number of hydrogen-bond acceptors (Lipinski definition) is 5. The van der Waals surface area contributed by atoms with Crippen LogP contribution in [0.4, 0.5) is 0 Å². The third-order valence-electron chi connectivity index (χ3n) is 3.38. The summed E-state index contributed by atoms with van der Waals surface area (Å²) in [5.41, 5.74) is 0.950. The molecule has 0 amide bonds. The standard InChI is InChI=1S/C18H17NO6S/c20-15-3-1-2-13(12-15)4-9-17(21)14-5-7-16(8-6-14)26(24,25)19-11-10-18(22)23/h1-9,12,19-20H,10-11H2,(H,22,23)/b9-4+. The molecule has 0 saturated heterocycles. The lowest BCUT2D eigenvalue weighted by Gasteiger charge is -2.06. The van der Waals surface area contributed by atoms with Crippen LogP contribution in [0.1, 0.15) is 22.3 Å². The van der Waals surface area contributed by atoms with Gasteiger partial charge in [0.05, 0.1) is 11.3 Å². The van der Waals surface area contributed by atoms with Crippen LogP contribution >= 0.6 is 0 Å². The van der Waals surface area contributed by atoms with Crippen molar-refractivity contribution in [3.05, 3.63) is 65.7 Å². The molecule has 0 heterocycles. The smallest absolute Gasteiger partial charge is 0.304 e. The number of carboxylic acid groups (broad SMARTS) is 1. The maximum absolute atomic E-state index is 12.1. The van der Waals surface area contributed by atoms with Crippen LogP contribution in [0.5, 0.6) is 5.75 Å². The number of carbonyl (C=O) groups is 2. The molecule has 2 aromatic carbocycles. The van der Waals surface area contributed by atoms with Crippen molar-refractivity contribution < 1.29 is 28.2 Å². The minimum absolute atomic E-state index is 0.0589. The van der Waals surface area contributed by atoms with Gasteiger partial charge in [-0.3, -0.25) is 9.59 Å². The number of aromatic hydroxyl groups is 1. The number of nitrogens with one attached hydrogen (secondary N) is 1. The quantitative estimate of drug-likeness (QED) is 0.480. The van der Waals surface area contributed by atoms with Crippen LogP contribution in [-0.2, 0) is 14.8 Å². The second-order valence-electron chi connectivity index (χ2n) is 5.36. The Morgan fingerprint density at radius 3 is 2.38 bits per heavy atom. The van der Waals surface area contributed by atoms with Gasteiger partial charge in [0.25, 0.3) is 0 Å². The highest BCUT2D eigenvalue weighted by Crippen LogP contribution is 2.14. The first-order valence-corrected chi connectivity index (χ1v) is 9.09. The Hall–Kier alpha value is -2.97. The third-order valence-corrected chi connectivity index (χ3v) is 4.85. The highest BCUT2D eigenvalue weighted by Gasteiger charge is 2.14. The summed E-state index contributed by atoms with van der Waals surface area (Å²) in [6.45, 7) is -0.217. The number of phenolic OH excluding ortho intramolecular Hbond substituents is 1. The third kappa shape index (κ3) is 5.54. The van der Waals surface area contributed by atoms with Crippen molar-refractivity contribution >= 4 is 27.9 Å². The summed E-state index contributed by atoms with van der Waals surface area (Å²) < 4.78 is 26.2. The second kappa shape index (κ2) is 8.41. The summed E-state index contributed by atoms with van der Waals surface area (Å²) in [7, 11) is -3.83. The number of aliphatic carboxylic acids is 1. The van der Waals surface area contributed by atoms with Gasteiger partial charge in [0.2, 0.25) is 10.0 Å². The summed E-state index contributed by atoms with van der Waals surface area (Å²) in [5, 5.41) is 17.9. The molecule has 0 aliphatic heterocycles. The molecule has 0 atom stereocenters. The molecule has 3 N–H and O–H groups in total. The van der Waals surface area contributed by atoms with E-state index in [0.29, 0.717) is 11.1 Å². The summed E-state index contributed by atoms with van der Waals surface area (Å²) in [6, 6.07) is 11.7. The first-order valence-electron chi connectivity index (χ1n) is 7.61. The van der Waals surface area contributed by atoms with Gasteiger partial charge < -0.3 is 10.2 Å². The fourth-order valence-electron chi connectivity index (χ4n) is 2.07. The Bertz CT molecular complexity index is 932. The largest absolute Gasteiger partial charge is 0.508 e. The molecule has 2 rings (SSSR count). The van der Waals surface area contributed by atoms with E-state index >= 15 is 0 Å². The molecule has 7 nitrogen and oxygen atoms in total. The number of rotatable bonds is 8. The summed E-state index contributed by atoms with van der Waals surface area (Å²) in [6.07, 6.45) is 2.54. The molecule has 0 radical (unpaired) electrons. The Balaban J connectivity index is 2.06. The summed E-state index contributed by atoms with van der Waals surface area (Å²) in [4.78, 5) is 22.5. The summed E-state index contributed by atoms with van der Waals surface area (Å²) >= 11 is 0. The first-order chi connectivity index (χ1) is 12.3. The molecule has 0 saturated carbocycles. The van der Waals surface area contributed by atoms with Crippen molar-refractivity contribution in [2.24, 2.45) is 0 Å². The van der Waals surface area contributed by atoms with Crippen LogP contribution in [-0.4, -0.2) is 36.9 Å². The Morgan fingerprint density at radius 2 is 1.77 bits per heavy atom. The van der Waals surface area contributed by atoms with Crippen molar-refractivity contribution in [1.29, 1.82) is 0 Å². The molecule has 0 fully saturated rings. The number of hydrogen-bond donors (Lipinski definition) is 3. The zero-order valence-corrected chi connectivity index (χ0v) is 14.4. The number of carboxylic acids is 1. The predicted molar refractivity (Wildman–Crippen MR) is 95.4 cm³/mol. The van der Waals surface area contributed by atoms with Gasteiger partial charge in [0.1, 0.15) is 5.75 Å². The number of ketones is 1. The predicted octanol–water partition coefficient (Wildman–Crippen LogP) is 2.04. The van der Waals surface area contributed by atoms with Gasteiger partial charge in [-0.25, -0.2) is 13.1 Å². The average molecular weight is 375 g/mol. The second-order valence-corrected chi connectivity index (χ2v) is 7.13. The average Bonchev–Trinajstić information content (AvgIpc) is 2.59. The lowest BCUT2D eigenvalue weighted by atomic mass is 10.1. The number of allylic oxidation sites excluding steroid dienone is 1. The maximum Gasteiger partial charge on any atom is 0.304 e. The zero-order valence-electron chi connectivity index (χ0n) is 13.6. The van der Waals surface area contributed by atoms with Gasteiger partial charge in [0, 0.05) is 12.1 Å². The van der Waals surface area contributed by atoms with E-state index < -0.39 is 16.0 Å². The number of sulfonamides is 1. The van der Waals surface area contributed by atoms with E-state index in [2.05, 4.69) is 4.72 Å². The number of carbonyl (C=O) groups excluding carboxylic acids is 1. The first kappa shape index (κ1) is 19.4. The van der Waals surface area contributed by atoms with Gasteiger partial charge in [-0.05, 0) is 48.0 Å². The van der Waals surface area contributed by atoms with Gasteiger partial charge >= 0.3 is 5.97 Å². The van der Waals surface area contributed by atoms with E-state index in [0.717, 1.165) is 0 Å². The minimum Gasteiger partial charge on any atom is -0.508 e. The highest BCUT2D eigenvalue weighted by molar-refractivity contribution is 7.89. The van der Waals surface area contributed by atoms with Crippen molar-refractivity contribution in [3.63, 3.8) is 0 Å². The van der Waals surface area contributed by atoms with Gasteiger partial charge in [-0.2, -0.15) is 0 Å². The molecular weight excluding hydrogens is 358 g/mol. The van der Waals surface area contributed by atoms with E-state index in [-0.39, 0.29) is 29.4 Å². The molecule has 0 aromatic heterocycles. The maximum atomic E-state index is 12.1. The van der Waals surface area contributed by atoms with E-state index in [1.54, 1.807) is 18.2 Å². The topological polar surface area (TPSA) is 121 Å². The molecular formula is C18H17NO6S. The lowest BCUT2D eigenvalue weighted by Crippen LogP contribution is -2.26. The molecule has 26 heavy (non-hydrogen) atoms. The highest BCUT2D eigenvalue weighted by atomic mass is 32.2. The Labute approximate surface area is 150 Å². The van der Waals surface area contributed by atoms with E-state index in [4.69, 9.17) is 5.11 Å². The summed E-state index contributed by atoms with van der Waals surface area (Å²) in [5.74, 6) is -1.34. The van der Waals surface area contributed by atoms with Gasteiger partial charge in [-0.1, -0.05) is 18.2 Å². The molecule has 136 valence electrons. The molecule has 0 aliphatic carbocycles. The molecule has 0 aliphatic rings. The van der Waals surface area contributed by atoms with Crippen LogP contribution in [0.25, 0.3) is 6.08 Å². The van der Waals surface area contributed by atoms with Gasteiger partial charge in [0.15, 0.2) is 5.78 Å². The lowest BCUT2D eigenvalue weighted by molar-refractivity contribution is -0.136. The molecule has 8 heteroatoms. The van der Waals surface area contributed by atoms with Crippen molar-refractivity contribution in [3.8, 4) is 5.75 Å². The normalized spacial score (nSPS) is 11.5. The van der Waals surface area contributed by atoms with E-state index in [1.165, 1.54) is 42.5 Å². The monoisotopic (exact) mass is 375 g/mol. The SMILES string of the molecule is O=C(O)CCNS(=O)(=O)c1ccc(C(=O)/C=C/c2cccc(O)c2)cc1. The fraction of sp³-hybridized carbons (Fsp3) is 0.111. The fourth-order valence-corrected chi connectivity index (χ4v) is 3.10.